The third kappa shape index (κ3) is 6.75. The summed E-state index contributed by atoms with van der Waals surface area (Å²) in [6, 6.07) is 23.7. The summed E-state index contributed by atoms with van der Waals surface area (Å²) in [6.45, 7) is 0.324. The van der Waals surface area contributed by atoms with Crippen LogP contribution in [-0.4, -0.2) is 16.3 Å². The molecule has 0 saturated heterocycles. The maximum absolute atomic E-state index is 10.7. The molecule has 7 nitrogen and oxygen atoms in total. The first-order valence-corrected chi connectivity index (χ1v) is 10.1. The molecule has 0 unspecified atom stereocenters. The molecule has 0 bridgehead atoms. The van der Waals surface area contributed by atoms with Crippen molar-refractivity contribution in [2.75, 3.05) is 0 Å². The van der Waals surface area contributed by atoms with Crippen molar-refractivity contribution in [3.05, 3.63) is 106 Å². The van der Waals surface area contributed by atoms with E-state index in [0.717, 1.165) is 16.9 Å². The van der Waals surface area contributed by atoms with E-state index in [0.29, 0.717) is 17.5 Å². The summed E-state index contributed by atoms with van der Waals surface area (Å²) in [5.74, 6) is 1.43. The molecule has 0 heterocycles. The van der Waals surface area contributed by atoms with Crippen LogP contribution in [0, 0.1) is 10.1 Å². The van der Waals surface area contributed by atoms with Gasteiger partial charge in [0.1, 0.15) is 12.4 Å². The van der Waals surface area contributed by atoms with Gasteiger partial charge in [0, 0.05) is 17.9 Å². The third-order valence-corrected chi connectivity index (χ3v) is 4.88. The van der Waals surface area contributed by atoms with Gasteiger partial charge in [-0.3, -0.25) is 10.1 Å². The van der Waals surface area contributed by atoms with Crippen LogP contribution in [0.2, 0.25) is 0 Å². The number of nitrogens with zero attached hydrogens (tertiary/aromatic N) is 3. The van der Waals surface area contributed by atoms with Crippen molar-refractivity contribution in [1.82, 2.24) is 0 Å². The summed E-state index contributed by atoms with van der Waals surface area (Å²) in [6.07, 6.45) is 1.62. The second-order valence-corrected chi connectivity index (χ2v) is 7.23. The summed E-state index contributed by atoms with van der Waals surface area (Å²) in [7, 11) is 0. The molecule has 2 N–H and O–H groups in total. The lowest BCUT2D eigenvalue weighted by Crippen LogP contribution is -2.05. The van der Waals surface area contributed by atoms with Crippen LogP contribution in [0.15, 0.2) is 89.1 Å². The fourth-order valence-electron chi connectivity index (χ4n) is 2.44. The zero-order valence-corrected chi connectivity index (χ0v) is 16.9. The third-order valence-electron chi connectivity index (χ3n) is 4.03. The van der Waals surface area contributed by atoms with E-state index in [1.807, 2.05) is 54.6 Å². The molecule has 3 aromatic carbocycles. The van der Waals surface area contributed by atoms with Crippen molar-refractivity contribution >= 4 is 28.8 Å². The highest BCUT2D eigenvalue weighted by Gasteiger charge is 2.04. The standard InChI is InChI=1S/C22H20N4O3S/c23-22(30-16-19-4-2-1-3-5-19)25-24-14-17-8-12-21(13-9-17)29-15-18-6-10-20(11-7-18)26(27)28/h1-14H,15-16H2,(H2,23,25). The normalized spacial score (nSPS) is 11.5. The number of hydrogen-bond acceptors (Lipinski definition) is 6. The number of nitro groups is 1. The van der Waals surface area contributed by atoms with E-state index in [1.165, 1.54) is 29.5 Å². The van der Waals surface area contributed by atoms with Gasteiger partial charge in [0.15, 0.2) is 5.17 Å². The van der Waals surface area contributed by atoms with Crippen LogP contribution in [-0.2, 0) is 12.4 Å². The fourth-order valence-corrected chi connectivity index (χ4v) is 3.06. The summed E-state index contributed by atoms with van der Waals surface area (Å²) >= 11 is 1.43. The largest absolute Gasteiger partial charge is 0.489 e. The smallest absolute Gasteiger partial charge is 0.269 e. The van der Waals surface area contributed by atoms with Crippen molar-refractivity contribution in [2.45, 2.75) is 12.4 Å². The Hall–Kier alpha value is -3.65. The number of hydrogen-bond donors (Lipinski definition) is 1. The first-order valence-electron chi connectivity index (χ1n) is 9.09. The number of ether oxygens (including phenoxy) is 1. The first-order chi connectivity index (χ1) is 14.6. The molecule has 3 rings (SSSR count). The Bertz CT molecular complexity index is 1020. The maximum Gasteiger partial charge on any atom is 0.269 e. The average Bonchev–Trinajstić information content (AvgIpc) is 2.78. The predicted molar refractivity (Wildman–Crippen MR) is 121 cm³/mol. The molecule has 0 amide bonds. The number of nitrogens with two attached hydrogens (primary N) is 1. The molecule has 0 aromatic heterocycles. The van der Waals surface area contributed by atoms with E-state index < -0.39 is 4.92 Å². The van der Waals surface area contributed by atoms with Gasteiger partial charge in [-0.1, -0.05) is 42.1 Å². The molecular weight excluding hydrogens is 400 g/mol. The Morgan fingerprint density at radius 1 is 1.00 bits per heavy atom. The molecule has 0 spiro atoms. The highest BCUT2D eigenvalue weighted by Crippen LogP contribution is 2.16. The van der Waals surface area contributed by atoms with Crippen molar-refractivity contribution in [3.63, 3.8) is 0 Å². The molecular formula is C22H20N4O3S. The highest BCUT2D eigenvalue weighted by molar-refractivity contribution is 8.13. The maximum atomic E-state index is 10.7. The van der Waals surface area contributed by atoms with Gasteiger partial charge >= 0.3 is 0 Å². The number of amidine groups is 1. The Balaban J connectivity index is 1.47. The molecule has 0 saturated carbocycles. The van der Waals surface area contributed by atoms with Crippen LogP contribution in [0.3, 0.4) is 0 Å². The minimum Gasteiger partial charge on any atom is -0.489 e. The first kappa shape index (κ1) is 21.1. The van der Waals surface area contributed by atoms with E-state index in [4.69, 9.17) is 10.5 Å². The molecule has 0 aliphatic carbocycles. The van der Waals surface area contributed by atoms with E-state index in [2.05, 4.69) is 10.2 Å². The van der Waals surface area contributed by atoms with Gasteiger partial charge in [0.25, 0.3) is 5.69 Å². The molecule has 152 valence electrons. The van der Waals surface area contributed by atoms with Gasteiger partial charge in [-0.25, -0.2) is 0 Å². The van der Waals surface area contributed by atoms with Crippen molar-refractivity contribution < 1.29 is 9.66 Å². The summed E-state index contributed by atoms with van der Waals surface area (Å²) < 4.78 is 5.70. The van der Waals surface area contributed by atoms with Crippen LogP contribution in [0.4, 0.5) is 5.69 Å². The zero-order valence-electron chi connectivity index (χ0n) is 16.0. The average molecular weight is 420 g/mol. The van der Waals surface area contributed by atoms with E-state index in [9.17, 15) is 10.1 Å². The molecule has 0 radical (unpaired) electrons. The van der Waals surface area contributed by atoms with Crippen LogP contribution in [0.25, 0.3) is 0 Å². The van der Waals surface area contributed by atoms with Gasteiger partial charge in [0.2, 0.25) is 0 Å². The summed E-state index contributed by atoms with van der Waals surface area (Å²) in [5.41, 5.74) is 8.82. The van der Waals surface area contributed by atoms with Crippen LogP contribution < -0.4 is 10.5 Å². The van der Waals surface area contributed by atoms with Crippen LogP contribution >= 0.6 is 11.8 Å². The predicted octanol–water partition coefficient (Wildman–Crippen LogP) is 4.76. The molecule has 30 heavy (non-hydrogen) atoms. The summed E-state index contributed by atoms with van der Waals surface area (Å²) in [5, 5.41) is 19.1. The number of thioether (sulfide) groups is 1. The van der Waals surface area contributed by atoms with Crippen molar-refractivity contribution in [1.29, 1.82) is 0 Å². The van der Waals surface area contributed by atoms with Gasteiger partial charge in [-0.05, 0) is 53.1 Å². The minimum atomic E-state index is -0.426. The Morgan fingerprint density at radius 2 is 1.70 bits per heavy atom. The molecule has 8 heteroatoms. The fraction of sp³-hybridized carbons (Fsp3) is 0.0909. The second kappa shape index (κ2) is 10.8. The van der Waals surface area contributed by atoms with Gasteiger partial charge < -0.3 is 10.5 Å². The van der Waals surface area contributed by atoms with E-state index >= 15 is 0 Å². The molecule has 0 aliphatic heterocycles. The number of rotatable bonds is 8. The molecule has 0 aliphatic rings. The quantitative estimate of drug-likeness (QED) is 0.245. The number of non-ortho nitro benzene ring substituents is 1. The summed E-state index contributed by atoms with van der Waals surface area (Å²) in [4.78, 5) is 10.2. The Labute approximate surface area is 178 Å². The lowest BCUT2D eigenvalue weighted by atomic mass is 10.2. The molecule has 3 aromatic rings. The zero-order chi connectivity index (χ0) is 21.2. The Kier molecular flexibility index (Phi) is 7.57. The highest BCUT2D eigenvalue weighted by atomic mass is 32.2. The van der Waals surface area contributed by atoms with Crippen molar-refractivity contribution in [2.24, 2.45) is 15.9 Å². The van der Waals surface area contributed by atoms with Crippen molar-refractivity contribution in [3.8, 4) is 5.75 Å². The molecule has 0 atom stereocenters. The Morgan fingerprint density at radius 3 is 2.37 bits per heavy atom. The number of nitro benzene ring substituents is 1. The van der Waals surface area contributed by atoms with Gasteiger partial charge in [-0.2, -0.15) is 5.10 Å². The van der Waals surface area contributed by atoms with Crippen LogP contribution in [0.1, 0.15) is 16.7 Å². The topological polar surface area (TPSA) is 103 Å². The monoisotopic (exact) mass is 420 g/mol. The van der Waals surface area contributed by atoms with E-state index in [1.54, 1.807) is 18.3 Å². The lowest BCUT2D eigenvalue weighted by Gasteiger charge is -2.06. The van der Waals surface area contributed by atoms with Crippen LogP contribution in [0.5, 0.6) is 5.75 Å². The minimum absolute atomic E-state index is 0.0594. The van der Waals surface area contributed by atoms with E-state index in [-0.39, 0.29) is 5.69 Å². The second-order valence-electron chi connectivity index (χ2n) is 6.24. The van der Waals surface area contributed by atoms with Gasteiger partial charge in [-0.15, -0.1) is 5.10 Å². The van der Waals surface area contributed by atoms with Gasteiger partial charge in [0.05, 0.1) is 11.1 Å². The lowest BCUT2D eigenvalue weighted by molar-refractivity contribution is -0.384. The molecule has 0 fully saturated rings. The SMILES string of the molecule is NC(=NN=Cc1ccc(OCc2ccc([N+](=O)[O-])cc2)cc1)SCc1ccccc1. The number of benzene rings is 3.